The summed E-state index contributed by atoms with van der Waals surface area (Å²) in [6.07, 6.45) is -0.173. The van der Waals surface area contributed by atoms with Crippen LogP contribution >= 0.6 is 0 Å². The highest BCUT2D eigenvalue weighted by Gasteiger charge is 2.30. The zero-order valence-corrected chi connectivity index (χ0v) is 34.2. The third-order valence-corrected chi connectivity index (χ3v) is 13.0. The first kappa shape index (κ1) is 36.0. The first-order valence-corrected chi connectivity index (χ1v) is 21.7. The van der Waals surface area contributed by atoms with Crippen molar-refractivity contribution in [1.29, 1.82) is 0 Å². The molecule has 2 unspecified atom stereocenters. The normalized spacial score (nSPS) is 16.9. The summed E-state index contributed by atoms with van der Waals surface area (Å²) in [5.41, 5.74) is 14.5. The summed E-state index contributed by atoms with van der Waals surface area (Å²) < 4.78 is 11.5. The maximum Gasteiger partial charge on any atom is 0.137 e. The first-order chi connectivity index (χ1) is 31.2. The third kappa shape index (κ3) is 5.92. The van der Waals surface area contributed by atoms with Crippen LogP contribution in [0.25, 0.3) is 88.1 Å². The smallest absolute Gasteiger partial charge is 0.137 e. The van der Waals surface area contributed by atoms with Gasteiger partial charge in [-0.3, -0.25) is 16.0 Å². The molecule has 1 fully saturated rings. The Hall–Kier alpha value is -7.74. The zero-order valence-electron chi connectivity index (χ0n) is 34.2. The van der Waals surface area contributed by atoms with Gasteiger partial charge in [-0.1, -0.05) is 140 Å². The third-order valence-electron chi connectivity index (χ3n) is 13.0. The fourth-order valence-electron chi connectivity index (χ4n) is 10.1. The second kappa shape index (κ2) is 14.4. The van der Waals surface area contributed by atoms with E-state index in [1.165, 1.54) is 49.3 Å². The van der Waals surface area contributed by atoms with Crippen LogP contribution in [-0.4, -0.2) is 9.13 Å². The van der Waals surface area contributed by atoms with Gasteiger partial charge in [-0.15, -0.1) is 0 Å². The maximum atomic E-state index is 6.70. The first-order valence-electron chi connectivity index (χ1n) is 21.7. The summed E-state index contributed by atoms with van der Waals surface area (Å²) in [6.45, 7) is 0. The van der Waals surface area contributed by atoms with Crippen LogP contribution in [0.2, 0.25) is 0 Å². The molecule has 1 aliphatic heterocycles. The number of rotatable bonds is 6. The average molecular weight is 812 g/mol. The van der Waals surface area contributed by atoms with Gasteiger partial charge in [0.05, 0.1) is 40.6 Å². The van der Waals surface area contributed by atoms with Gasteiger partial charge in [0.25, 0.3) is 0 Å². The van der Waals surface area contributed by atoms with Crippen molar-refractivity contribution >= 4 is 65.6 Å². The molecule has 0 amide bonds. The molecule has 9 aromatic carbocycles. The molecule has 4 heterocycles. The molecule has 63 heavy (non-hydrogen) atoms. The Morgan fingerprint density at radius 1 is 0.302 bits per heavy atom. The topological polar surface area (TPSA) is 59.1 Å². The Bertz CT molecular complexity index is 3580. The molecule has 12 aromatic rings. The molecular weight excluding hydrogens is 771 g/mol. The summed E-state index contributed by atoms with van der Waals surface area (Å²) in [4.78, 5) is 0. The summed E-state index contributed by atoms with van der Waals surface area (Å²) >= 11 is 0. The predicted octanol–water partition coefficient (Wildman–Crippen LogP) is 13.6. The lowest BCUT2D eigenvalue weighted by molar-refractivity contribution is 0.203. The predicted molar refractivity (Wildman–Crippen MR) is 258 cm³/mol. The summed E-state index contributed by atoms with van der Waals surface area (Å²) in [5, 5.41) is 18.6. The van der Waals surface area contributed by atoms with Crippen LogP contribution in [0.15, 0.2) is 217 Å². The van der Waals surface area contributed by atoms with Crippen LogP contribution in [0.4, 0.5) is 0 Å². The van der Waals surface area contributed by atoms with Crippen molar-refractivity contribution in [3.8, 4) is 22.5 Å². The number of hydrogen-bond acceptors (Lipinski definition) is 4. The number of nitrogens with zero attached hydrogens (tertiary/aromatic N) is 2. The molecule has 0 radical (unpaired) electrons. The van der Waals surface area contributed by atoms with Crippen molar-refractivity contribution in [2.24, 2.45) is 0 Å². The van der Waals surface area contributed by atoms with Crippen LogP contribution in [0.5, 0.6) is 0 Å². The molecule has 0 saturated carbocycles. The quantitative estimate of drug-likeness (QED) is 0.157. The van der Waals surface area contributed by atoms with Crippen molar-refractivity contribution in [2.45, 2.75) is 18.5 Å². The standard InChI is InChI=1S/C57H41N5O/c1-4-15-36(16-5-1)55-58-56(37-17-6-2-7-18-37)60-57(59-55)40-20-14-19-38(31-40)39-27-30-53-47(32-39)48-34-46-45-33-42(62-49-25-12-10-23-43(49)44-24-11-13-26-50(44)62)28-29-51(45)61(41-21-8-3-9-22-41)52(46)35-54(48)63-53/h1-35,55-60H. The second-order valence-corrected chi connectivity index (χ2v) is 16.7. The van der Waals surface area contributed by atoms with E-state index in [0.29, 0.717) is 0 Å². The maximum absolute atomic E-state index is 6.70. The Kier molecular flexibility index (Phi) is 8.24. The molecule has 3 N–H and O–H groups in total. The number of para-hydroxylation sites is 3. The highest BCUT2D eigenvalue weighted by atomic mass is 16.3. The molecule has 0 bridgehead atoms. The lowest BCUT2D eigenvalue weighted by Crippen LogP contribution is -2.54. The second-order valence-electron chi connectivity index (χ2n) is 16.7. The van der Waals surface area contributed by atoms with E-state index < -0.39 is 0 Å². The van der Waals surface area contributed by atoms with Gasteiger partial charge < -0.3 is 13.6 Å². The Morgan fingerprint density at radius 3 is 1.51 bits per heavy atom. The summed E-state index contributed by atoms with van der Waals surface area (Å²) in [7, 11) is 0. The van der Waals surface area contributed by atoms with Gasteiger partial charge in [-0.05, 0) is 94.5 Å². The SMILES string of the molecule is c1ccc(C2NC(c3ccccc3)NC(c3cccc(-c4ccc5oc6cc7c(cc6c5c4)c4cc(-n5c6ccccc6c6ccccc65)ccc4n7-c4ccccc4)c3)N2)cc1. The number of fused-ring (bicyclic) bond motifs is 9. The molecule has 1 saturated heterocycles. The number of hydrogen-bond donors (Lipinski definition) is 3. The van der Waals surface area contributed by atoms with Gasteiger partial charge in [0, 0.05) is 49.8 Å². The van der Waals surface area contributed by atoms with E-state index >= 15 is 0 Å². The monoisotopic (exact) mass is 811 g/mol. The van der Waals surface area contributed by atoms with E-state index in [0.717, 1.165) is 55.5 Å². The van der Waals surface area contributed by atoms with Crippen LogP contribution in [0, 0.1) is 0 Å². The minimum atomic E-state index is -0.0947. The van der Waals surface area contributed by atoms with Crippen molar-refractivity contribution in [2.75, 3.05) is 0 Å². The Balaban J connectivity index is 0.944. The molecule has 0 spiro atoms. The summed E-state index contributed by atoms with van der Waals surface area (Å²) in [5.74, 6) is 0. The zero-order chi connectivity index (χ0) is 41.4. The largest absolute Gasteiger partial charge is 0.456 e. The molecule has 2 atom stereocenters. The summed E-state index contributed by atoms with van der Waals surface area (Å²) in [6, 6.07) is 76.3. The van der Waals surface area contributed by atoms with E-state index in [-0.39, 0.29) is 18.5 Å². The van der Waals surface area contributed by atoms with E-state index in [2.05, 4.69) is 237 Å². The van der Waals surface area contributed by atoms with Gasteiger partial charge in [-0.2, -0.15) is 0 Å². The molecule has 1 aliphatic rings. The van der Waals surface area contributed by atoms with Crippen molar-refractivity contribution in [3.05, 3.63) is 229 Å². The minimum absolute atomic E-state index is 0.0392. The number of benzene rings is 9. The Labute approximate surface area is 363 Å². The molecule has 13 rings (SSSR count). The number of nitrogens with one attached hydrogen (secondary N) is 3. The number of furan rings is 1. The minimum Gasteiger partial charge on any atom is -0.456 e. The van der Waals surface area contributed by atoms with Crippen molar-refractivity contribution < 1.29 is 4.42 Å². The molecular formula is C57H41N5O. The molecule has 300 valence electrons. The Morgan fingerprint density at radius 2 is 0.825 bits per heavy atom. The highest BCUT2D eigenvalue weighted by molar-refractivity contribution is 6.18. The van der Waals surface area contributed by atoms with E-state index in [4.69, 9.17) is 4.42 Å². The van der Waals surface area contributed by atoms with E-state index in [1.54, 1.807) is 0 Å². The van der Waals surface area contributed by atoms with Gasteiger partial charge in [0.2, 0.25) is 0 Å². The van der Waals surface area contributed by atoms with E-state index in [9.17, 15) is 0 Å². The fraction of sp³-hybridized carbons (Fsp3) is 0.0526. The van der Waals surface area contributed by atoms with Crippen molar-refractivity contribution in [3.63, 3.8) is 0 Å². The number of aromatic nitrogens is 2. The van der Waals surface area contributed by atoms with Crippen LogP contribution in [0.1, 0.15) is 35.2 Å². The lowest BCUT2D eigenvalue weighted by Gasteiger charge is -2.39. The van der Waals surface area contributed by atoms with Gasteiger partial charge in [0.1, 0.15) is 11.2 Å². The van der Waals surface area contributed by atoms with Crippen LogP contribution in [0.3, 0.4) is 0 Å². The average Bonchev–Trinajstić information content (AvgIpc) is 4.00. The van der Waals surface area contributed by atoms with Gasteiger partial charge in [-0.25, -0.2) is 0 Å². The van der Waals surface area contributed by atoms with Gasteiger partial charge >= 0.3 is 0 Å². The highest BCUT2D eigenvalue weighted by Crippen LogP contribution is 2.41. The van der Waals surface area contributed by atoms with E-state index in [1.807, 2.05) is 0 Å². The molecule has 6 heteroatoms. The van der Waals surface area contributed by atoms with Gasteiger partial charge in [0.15, 0.2) is 0 Å². The van der Waals surface area contributed by atoms with Crippen LogP contribution < -0.4 is 16.0 Å². The molecule has 6 nitrogen and oxygen atoms in total. The van der Waals surface area contributed by atoms with Crippen LogP contribution in [-0.2, 0) is 0 Å². The fourth-order valence-corrected chi connectivity index (χ4v) is 10.1. The molecule has 3 aromatic heterocycles. The lowest BCUT2D eigenvalue weighted by atomic mass is 9.98. The molecule has 0 aliphatic carbocycles. The van der Waals surface area contributed by atoms with Crippen molar-refractivity contribution in [1.82, 2.24) is 25.1 Å².